The first-order valence-electron chi connectivity index (χ1n) is 6.56. The van der Waals surface area contributed by atoms with Crippen LogP contribution in [0.3, 0.4) is 0 Å². The summed E-state index contributed by atoms with van der Waals surface area (Å²) < 4.78 is 10.7. The highest BCUT2D eigenvalue weighted by Gasteiger charge is 2.07. The molecule has 1 aromatic carbocycles. The van der Waals surface area contributed by atoms with Crippen molar-refractivity contribution in [1.29, 1.82) is 0 Å². The number of hydrogen-bond donors (Lipinski definition) is 1. The van der Waals surface area contributed by atoms with Gasteiger partial charge in [0.1, 0.15) is 11.5 Å². The van der Waals surface area contributed by atoms with E-state index in [1.807, 2.05) is 26.0 Å². The van der Waals surface area contributed by atoms with E-state index in [0.717, 1.165) is 22.6 Å². The second-order valence-electron chi connectivity index (χ2n) is 4.85. The highest BCUT2D eigenvalue weighted by atomic mass is 16.5. The van der Waals surface area contributed by atoms with Gasteiger partial charge in [0.25, 0.3) is 5.91 Å². The van der Waals surface area contributed by atoms with Gasteiger partial charge in [-0.05, 0) is 55.7 Å². The molecule has 0 aliphatic heterocycles. The minimum atomic E-state index is -0.168. The van der Waals surface area contributed by atoms with Gasteiger partial charge in [-0.3, -0.25) is 4.79 Å². The van der Waals surface area contributed by atoms with E-state index in [1.54, 1.807) is 12.3 Å². The van der Waals surface area contributed by atoms with Crippen molar-refractivity contribution in [2.45, 2.75) is 27.3 Å². The van der Waals surface area contributed by atoms with Crippen LogP contribution in [-0.2, 0) is 11.3 Å². The van der Waals surface area contributed by atoms with Crippen LogP contribution in [0.4, 0.5) is 0 Å². The Morgan fingerprint density at radius 3 is 2.65 bits per heavy atom. The van der Waals surface area contributed by atoms with E-state index in [-0.39, 0.29) is 12.5 Å². The standard InChI is InChI=1S/C16H19NO3/c1-11-7-13(3)15(8-12(11)2)20-10-16(18)17-9-14-5-4-6-19-14/h4-8H,9-10H2,1-3H3,(H,17,18). The van der Waals surface area contributed by atoms with Gasteiger partial charge >= 0.3 is 0 Å². The Labute approximate surface area is 118 Å². The third-order valence-corrected chi connectivity index (χ3v) is 3.19. The molecule has 0 saturated heterocycles. The predicted octanol–water partition coefficient (Wildman–Crippen LogP) is 2.90. The second-order valence-corrected chi connectivity index (χ2v) is 4.85. The van der Waals surface area contributed by atoms with Gasteiger partial charge < -0.3 is 14.5 Å². The van der Waals surface area contributed by atoms with Crippen LogP contribution in [0.15, 0.2) is 34.9 Å². The SMILES string of the molecule is Cc1cc(C)c(OCC(=O)NCc2ccco2)cc1C. The molecular weight excluding hydrogens is 254 g/mol. The summed E-state index contributed by atoms with van der Waals surface area (Å²) in [6.07, 6.45) is 1.58. The average molecular weight is 273 g/mol. The lowest BCUT2D eigenvalue weighted by atomic mass is 10.1. The van der Waals surface area contributed by atoms with E-state index in [9.17, 15) is 4.79 Å². The molecule has 0 atom stereocenters. The van der Waals surface area contributed by atoms with Crippen LogP contribution in [0.5, 0.6) is 5.75 Å². The third kappa shape index (κ3) is 3.63. The van der Waals surface area contributed by atoms with Crippen molar-refractivity contribution < 1.29 is 13.9 Å². The molecular formula is C16H19NO3. The second kappa shape index (κ2) is 6.28. The summed E-state index contributed by atoms with van der Waals surface area (Å²) in [6, 6.07) is 7.63. The Balaban J connectivity index is 1.85. The summed E-state index contributed by atoms with van der Waals surface area (Å²) in [6.45, 7) is 6.44. The van der Waals surface area contributed by atoms with Crippen molar-refractivity contribution in [1.82, 2.24) is 5.32 Å². The third-order valence-electron chi connectivity index (χ3n) is 3.19. The van der Waals surface area contributed by atoms with E-state index < -0.39 is 0 Å². The number of rotatable bonds is 5. The Hall–Kier alpha value is -2.23. The molecule has 1 aromatic heterocycles. The Morgan fingerprint density at radius 2 is 1.95 bits per heavy atom. The van der Waals surface area contributed by atoms with E-state index in [4.69, 9.17) is 9.15 Å². The fourth-order valence-electron chi connectivity index (χ4n) is 1.88. The molecule has 1 N–H and O–H groups in total. The van der Waals surface area contributed by atoms with Crippen molar-refractivity contribution in [3.8, 4) is 5.75 Å². The Kier molecular flexibility index (Phi) is 4.45. The molecule has 2 rings (SSSR count). The van der Waals surface area contributed by atoms with Gasteiger partial charge in [0.05, 0.1) is 12.8 Å². The molecule has 0 bridgehead atoms. The lowest BCUT2D eigenvalue weighted by Crippen LogP contribution is -2.28. The predicted molar refractivity (Wildman–Crippen MR) is 76.7 cm³/mol. The summed E-state index contributed by atoms with van der Waals surface area (Å²) in [5, 5.41) is 2.74. The minimum Gasteiger partial charge on any atom is -0.483 e. The van der Waals surface area contributed by atoms with E-state index in [1.165, 1.54) is 5.56 Å². The molecule has 106 valence electrons. The molecule has 4 nitrogen and oxygen atoms in total. The summed E-state index contributed by atoms with van der Waals surface area (Å²) in [4.78, 5) is 11.7. The largest absolute Gasteiger partial charge is 0.483 e. The van der Waals surface area contributed by atoms with Crippen LogP contribution in [0.1, 0.15) is 22.5 Å². The molecule has 0 radical (unpaired) electrons. The first-order chi connectivity index (χ1) is 9.56. The summed E-state index contributed by atoms with van der Waals surface area (Å²) >= 11 is 0. The number of furan rings is 1. The lowest BCUT2D eigenvalue weighted by molar-refractivity contribution is -0.123. The molecule has 1 amide bonds. The number of benzene rings is 1. The summed E-state index contributed by atoms with van der Waals surface area (Å²) in [7, 11) is 0. The smallest absolute Gasteiger partial charge is 0.258 e. The maximum absolute atomic E-state index is 11.7. The molecule has 0 spiro atoms. The van der Waals surface area contributed by atoms with E-state index in [2.05, 4.69) is 18.3 Å². The van der Waals surface area contributed by atoms with Gasteiger partial charge in [-0.25, -0.2) is 0 Å². The molecule has 1 heterocycles. The number of ether oxygens (including phenoxy) is 1. The molecule has 20 heavy (non-hydrogen) atoms. The topological polar surface area (TPSA) is 51.5 Å². The first kappa shape index (κ1) is 14.2. The van der Waals surface area contributed by atoms with E-state index in [0.29, 0.717) is 6.54 Å². The minimum absolute atomic E-state index is 0.00402. The van der Waals surface area contributed by atoms with Crippen LogP contribution in [0.2, 0.25) is 0 Å². The first-order valence-corrected chi connectivity index (χ1v) is 6.56. The van der Waals surface area contributed by atoms with Crippen molar-refractivity contribution >= 4 is 5.91 Å². The summed E-state index contributed by atoms with van der Waals surface area (Å²) in [5.41, 5.74) is 3.41. The zero-order chi connectivity index (χ0) is 14.5. The van der Waals surface area contributed by atoms with Gasteiger partial charge in [0.15, 0.2) is 6.61 Å². The number of hydrogen-bond acceptors (Lipinski definition) is 3. The maximum atomic E-state index is 11.7. The molecule has 0 aliphatic carbocycles. The van der Waals surface area contributed by atoms with Crippen LogP contribution in [-0.4, -0.2) is 12.5 Å². The van der Waals surface area contributed by atoms with Gasteiger partial charge in [-0.2, -0.15) is 0 Å². The molecule has 2 aromatic rings. The number of aryl methyl sites for hydroxylation is 3. The maximum Gasteiger partial charge on any atom is 0.258 e. The fraction of sp³-hybridized carbons (Fsp3) is 0.312. The molecule has 0 aliphatic rings. The van der Waals surface area contributed by atoms with E-state index >= 15 is 0 Å². The van der Waals surface area contributed by atoms with Gasteiger partial charge in [-0.15, -0.1) is 0 Å². The molecule has 4 heteroatoms. The highest BCUT2D eigenvalue weighted by Crippen LogP contribution is 2.22. The number of carbonyl (C=O) groups is 1. The molecule has 0 saturated carbocycles. The van der Waals surface area contributed by atoms with Crippen molar-refractivity contribution in [2.24, 2.45) is 0 Å². The quantitative estimate of drug-likeness (QED) is 0.911. The van der Waals surface area contributed by atoms with Crippen LogP contribution < -0.4 is 10.1 Å². The van der Waals surface area contributed by atoms with Crippen LogP contribution in [0.25, 0.3) is 0 Å². The highest BCUT2D eigenvalue weighted by molar-refractivity contribution is 5.77. The van der Waals surface area contributed by atoms with Gasteiger partial charge in [0.2, 0.25) is 0 Å². The van der Waals surface area contributed by atoms with Crippen molar-refractivity contribution in [3.63, 3.8) is 0 Å². The van der Waals surface area contributed by atoms with Crippen LogP contribution >= 0.6 is 0 Å². The fourth-order valence-corrected chi connectivity index (χ4v) is 1.88. The zero-order valence-electron chi connectivity index (χ0n) is 12.0. The average Bonchev–Trinajstić information content (AvgIpc) is 2.92. The monoisotopic (exact) mass is 273 g/mol. The summed E-state index contributed by atoms with van der Waals surface area (Å²) in [5.74, 6) is 1.31. The van der Waals surface area contributed by atoms with Crippen molar-refractivity contribution in [2.75, 3.05) is 6.61 Å². The Morgan fingerprint density at radius 1 is 1.20 bits per heavy atom. The number of nitrogens with one attached hydrogen (secondary N) is 1. The normalized spacial score (nSPS) is 10.3. The van der Waals surface area contributed by atoms with Gasteiger partial charge in [-0.1, -0.05) is 6.07 Å². The molecule has 0 fully saturated rings. The number of carbonyl (C=O) groups excluding carboxylic acids is 1. The van der Waals surface area contributed by atoms with Crippen LogP contribution in [0, 0.1) is 20.8 Å². The van der Waals surface area contributed by atoms with Crippen molar-refractivity contribution in [3.05, 3.63) is 53.0 Å². The lowest BCUT2D eigenvalue weighted by Gasteiger charge is -2.11. The number of amides is 1. The Bertz CT molecular complexity index is 588. The zero-order valence-corrected chi connectivity index (χ0v) is 12.0. The van der Waals surface area contributed by atoms with Gasteiger partial charge in [0, 0.05) is 0 Å². The molecule has 0 unspecified atom stereocenters.